The summed E-state index contributed by atoms with van der Waals surface area (Å²) >= 11 is 0. The van der Waals surface area contributed by atoms with Gasteiger partial charge in [-0.2, -0.15) is 5.26 Å². The quantitative estimate of drug-likeness (QED) is 0.887. The predicted molar refractivity (Wildman–Crippen MR) is 70.8 cm³/mol. The second-order valence-corrected chi connectivity index (χ2v) is 5.03. The zero-order chi connectivity index (χ0) is 13.0. The first-order chi connectivity index (χ1) is 8.72. The Morgan fingerprint density at radius 3 is 2.44 bits per heavy atom. The molecule has 1 heterocycles. The van der Waals surface area contributed by atoms with Crippen LogP contribution < -0.4 is 0 Å². The minimum atomic E-state index is -0.370. The van der Waals surface area contributed by atoms with Crippen LogP contribution in [0.15, 0.2) is 30.3 Å². The zero-order valence-corrected chi connectivity index (χ0v) is 10.8. The SMILES string of the molecule is C[C@@H](C#N)N1CCC([C@H](O)c2ccccc2)CC1. The second-order valence-electron chi connectivity index (χ2n) is 5.03. The van der Waals surface area contributed by atoms with E-state index in [1.807, 2.05) is 37.3 Å². The van der Waals surface area contributed by atoms with Gasteiger partial charge in [0, 0.05) is 0 Å². The number of aliphatic hydroxyl groups is 1. The second kappa shape index (κ2) is 5.99. The van der Waals surface area contributed by atoms with Crippen LogP contribution in [0.2, 0.25) is 0 Å². The largest absolute Gasteiger partial charge is 0.388 e. The molecule has 1 N–H and O–H groups in total. The van der Waals surface area contributed by atoms with Gasteiger partial charge in [-0.25, -0.2) is 0 Å². The van der Waals surface area contributed by atoms with E-state index in [2.05, 4.69) is 11.0 Å². The Kier molecular flexibility index (Phi) is 4.35. The van der Waals surface area contributed by atoms with Crippen molar-refractivity contribution in [1.29, 1.82) is 5.26 Å². The fourth-order valence-corrected chi connectivity index (χ4v) is 2.63. The van der Waals surface area contributed by atoms with Gasteiger partial charge < -0.3 is 5.11 Å². The van der Waals surface area contributed by atoms with Gasteiger partial charge in [0.25, 0.3) is 0 Å². The van der Waals surface area contributed by atoms with E-state index in [0.717, 1.165) is 31.5 Å². The van der Waals surface area contributed by atoms with Crippen molar-refractivity contribution in [3.63, 3.8) is 0 Å². The Morgan fingerprint density at radius 1 is 1.28 bits per heavy atom. The highest BCUT2D eigenvalue weighted by Gasteiger charge is 2.27. The van der Waals surface area contributed by atoms with Gasteiger partial charge in [-0.1, -0.05) is 30.3 Å². The van der Waals surface area contributed by atoms with Crippen molar-refractivity contribution in [1.82, 2.24) is 4.90 Å². The molecular formula is C15H20N2O. The number of aliphatic hydroxyl groups excluding tert-OH is 1. The van der Waals surface area contributed by atoms with Crippen molar-refractivity contribution in [2.24, 2.45) is 5.92 Å². The number of likely N-dealkylation sites (tertiary alicyclic amines) is 1. The van der Waals surface area contributed by atoms with E-state index in [9.17, 15) is 5.11 Å². The molecule has 3 nitrogen and oxygen atoms in total. The van der Waals surface area contributed by atoms with E-state index in [0.29, 0.717) is 5.92 Å². The summed E-state index contributed by atoms with van der Waals surface area (Å²) in [6.45, 7) is 3.75. The number of hydrogen-bond donors (Lipinski definition) is 1. The molecule has 96 valence electrons. The molecule has 1 aliphatic rings. The summed E-state index contributed by atoms with van der Waals surface area (Å²) in [4.78, 5) is 2.19. The average Bonchev–Trinajstić information content (AvgIpc) is 2.47. The van der Waals surface area contributed by atoms with Crippen LogP contribution in [0, 0.1) is 17.2 Å². The van der Waals surface area contributed by atoms with E-state index in [4.69, 9.17) is 5.26 Å². The maximum atomic E-state index is 10.3. The number of rotatable bonds is 3. The molecule has 2 rings (SSSR count). The van der Waals surface area contributed by atoms with Gasteiger partial charge in [0.1, 0.15) is 0 Å². The van der Waals surface area contributed by atoms with E-state index < -0.39 is 0 Å². The molecule has 0 aliphatic carbocycles. The maximum absolute atomic E-state index is 10.3. The zero-order valence-electron chi connectivity index (χ0n) is 10.8. The highest BCUT2D eigenvalue weighted by molar-refractivity contribution is 5.18. The molecule has 1 aromatic carbocycles. The summed E-state index contributed by atoms with van der Waals surface area (Å²) < 4.78 is 0. The lowest BCUT2D eigenvalue weighted by Crippen LogP contribution is -2.40. The maximum Gasteiger partial charge on any atom is 0.0949 e. The Balaban J connectivity index is 1.92. The van der Waals surface area contributed by atoms with Gasteiger partial charge in [0.05, 0.1) is 18.2 Å². The predicted octanol–water partition coefficient (Wildman–Crippen LogP) is 2.34. The standard InChI is InChI=1S/C15H20N2O/c1-12(11-16)17-9-7-14(8-10-17)15(18)13-5-3-2-4-6-13/h2-6,12,14-15,18H,7-10H2,1H3/t12-,15+/m0/s1. The van der Waals surface area contributed by atoms with Crippen LogP contribution in [0.5, 0.6) is 0 Å². The van der Waals surface area contributed by atoms with E-state index in [-0.39, 0.29) is 12.1 Å². The van der Waals surface area contributed by atoms with Gasteiger partial charge in [0.15, 0.2) is 0 Å². The Morgan fingerprint density at radius 2 is 1.89 bits per heavy atom. The van der Waals surface area contributed by atoms with Crippen LogP contribution in [0.1, 0.15) is 31.4 Å². The van der Waals surface area contributed by atoms with Crippen LogP contribution in [0.25, 0.3) is 0 Å². The first-order valence-electron chi connectivity index (χ1n) is 6.59. The number of piperidine rings is 1. The van der Waals surface area contributed by atoms with Gasteiger partial charge in [-0.15, -0.1) is 0 Å². The van der Waals surface area contributed by atoms with Crippen molar-refractivity contribution in [2.45, 2.75) is 31.9 Å². The molecule has 2 atom stereocenters. The third-order valence-corrected chi connectivity index (χ3v) is 3.90. The van der Waals surface area contributed by atoms with E-state index >= 15 is 0 Å². The minimum absolute atomic E-state index is 0.0141. The molecule has 0 saturated carbocycles. The smallest absolute Gasteiger partial charge is 0.0949 e. The van der Waals surface area contributed by atoms with Gasteiger partial charge in [0.2, 0.25) is 0 Å². The minimum Gasteiger partial charge on any atom is -0.388 e. The highest BCUT2D eigenvalue weighted by Crippen LogP contribution is 2.30. The van der Waals surface area contributed by atoms with Crippen LogP contribution in [-0.2, 0) is 0 Å². The summed E-state index contributed by atoms with van der Waals surface area (Å²) in [5, 5.41) is 19.2. The molecule has 0 amide bonds. The molecule has 0 spiro atoms. The van der Waals surface area contributed by atoms with Crippen molar-refractivity contribution in [2.75, 3.05) is 13.1 Å². The van der Waals surface area contributed by atoms with E-state index in [1.165, 1.54) is 0 Å². The van der Waals surface area contributed by atoms with Crippen LogP contribution in [0.3, 0.4) is 0 Å². The lowest BCUT2D eigenvalue weighted by atomic mass is 9.87. The number of nitrogens with zero attached hydrogens (tertiary/aromatic N) is 2. The Bertz CT molecular complexity index is 404. The number of hydrogen-bond acceptors (Lipinski definition) is 3. The topological polar surface area (TPSA) is 47.3 Å². The summed E-state index contributed by atoms with van der Waals surface area (Å²) in [5.41, 5.74) is 1.00. The molecule has 0 unspecified atom stereocenters. The summed E-state index contributed by atoms with van der Waals surface area (Å²) in [7, 11) is 0. The van der Waals surface area contributed by atoms with Gasteiger partial charge in [-0.05, 0) is 44.3 Å². The molecule has 1 saturated heterocycles. The van der Waals surface area contributed by atoms with Crippen molar-refractivity contribution in [3.8, 4) is 6.07 Å². The molecule has 18 heavy (non-hydrogen) atoms. The highest BCUT2D eigenvalue weighted by atomic mass is 16.3. The first-order valence-corrected chi connectivity index (χ1v) is 6.59. The molecule has 3 heteroatoms. The average molecular weight is 244 g/mol. The lowest BCUT2D eigenvalue weighted by Gasteiger charge is -2.35. The third-order valence-electron chi connectivity index (χ3n) is 3.90. The molecule has 0 bridgehead atoms. The van der Waals surface area contributed by atoms with Gasteiger partial charge >= 0.3 is 0 Å². The normalized spacial score (nSPS) is 21.2. The van der Waals surface area contributed by atoms with Crippen LogP contribution in [-0.4, -0.2) is 29.1 Å². The number of benzene rings is 1. The molecular weight excluding hydrogens is 224 g/mol. The summed E-state index contributed by atoms with van der Waals surface area (Å²) in [6, 6.07) is 12.1. The Labute approximate surface area is 109 Å². The van der Waals surface area contributed by atoms with Crippen LogP contribution >= 0.6 is 0 Å². The van der Waals surface area contributed by atoms with Gasteiger partial charge in [-0.3, -0.25) is 4.90 Å². The van der Waals surface area contributed by atoms with Crippen molar-refractivity contribution in [3.05, 3.63) is 35.9 Å². The monoisotopic (exact) mass is 244 g/mol. The fraction of sp³-hybridized carbons (Fsp3) is 0.533. The summed E-state index contributed by atoms with van der Waals surface area (Å²) in [5.74, 6) is 0.314. The molecule has 1 aliphatic heterocycles. The summed E-state index contributed by atoms with van der Waals surface area (Å²) in [6.07, 6.45) is 1.55. The number of nitriles is 1. The molecule has 0 aromatic heterocycles. The van der Waals surface area contributed by atoms with Crippen molar-refractivity contribution >= 4 is 0 Å². The van der Waals surface area contributed by atoms with E-state index in [1.54, 1.807) is 0 Å². The molecule has 0 radical (unpaired) electrons. The molecule has 1 fully saturated rings. The van der Waals surface area contributed by atoms with Crippen molar-refractivity contribution < 1.29 is 5.11 Å². The third kappa shape index (κ3) is 2.90. The fourth-order valence-electron chi connectivity index (χ4n) is 2.63. The lowest BCUT2D eigenvalue weighted by molar-refractivity contribution is 0.0540. The first kappa shape index (κ1) is 13.1. The van der Waals surface area contributed by atoms with Crippen LogP contribution in [0.4, 0.5) is 0 Å². The Hall–Kier alpha value is -1.37. The molecule has 1 aromatic rings.